The molecule has 3 aromatic rings. The fraction of sp³-hybridized carbons (Fsp3) is 0.423. The highest BCUT2D eigenvalue weighted by atomic mass is 19.1. The Morgan fingerprint density at radius 3 is 2.47 bits per heavy atom. The molecule has 1 saturated heterocycles. The molecule has 0 aliphatic carbocycles. The first-order valence-corrected chi connectivity index (χ1v) is 11.7. The molecule has 2 N–H and O–H groups in total. The Labute approximate surface area is 207 Å². The van der Waals surface area contributed by atoms with Crippen LogP contribution in [0.4, 0.5) is 13.6 Å². The zero-order chi connectivity index (χ0) is 26.4. The molecule has 0 spiro atoms. The van der Waals surface area contributed by atoms with Crippen molar-refractivity contribution in [3.8, 4) is 11.3 Å². The molecule has 1 aliphatic heterocycles. The minimum absolute atomic E-state index is 0.0822. The number of carboxylic acid groups (broad SMARTS) is 1. The summed E-state index contributed by atoms with van der Waals surface area (Å²) in [5.41, 5.74) is -0.0504. The second-order valence-electron chi connectivity index (χ2n) is 10.2. The van der Waals surface area contributed by atoms with Crippen LogP contribution in [0.3, 0.4) is 0 Å². The lowest BCUT2D eigenvalue weighted by molar-refractivity contribution is -0.158. The van der Waals surface area contributed by atoms with Crippen LogP contribution in [0.2, 0.25) is 0 Å². The molecule has 4 rings (SSSR count). The van der Waals surface area contributed by atoms with Crippen molar-refractivity contribution < 1.29 is 28.2 Å². The van der Waals surface area contributed by atoms with Gasteiger partial charge in [-0.3, -0.25) is 4.79 Å². The smallest absolute Gasteiger partial charge is 0.407 e. The van der Waals surface area contributed by atoms with Crippen molar-refractivity contribution in [3.05, 3.63) is 58.9 Å². The molecule has 1 fully saturated rings. The number of benzene rings is 1. The fourth-order valence-electron chi connectivity index (χ4n) is 4.68. The summed E-state index contributed by atoms with van der Waals surface area (Å²) in [4.78, 5) is 29.7. The van der Waals surface area contributed by atoms with E-state index >= 15 is 8.78 Å². The highest BCUT2D eigenvalue weighted by Crippen LogP contribution is 2.42. The van der Waals surface area contributed by atoms with E-state index in [4.69, 9.17) is 4.74 Å². The highest BCUT2D eigenvalue weighted by Gasteiger charge is 2.48. The molecule has 3 heterocycles. The first kappa shape index (κ1) is 25.6. The Hall–Kier alpha value is -3.53. The molecule has 8 nitrogen and oxygen atoms in total. The van der Waals surface area contributed by atoms with Gasteiger partial charge in [-0.1, -0.05) is 20.8 Å². The summed E-state index contributed by atoms with van der Waals surface area (Å²) in [6.07, 6.45) is 0.873. The standard InChI is InChI=1S/C26H30F2N4O4/c1-15-6-7-32-19(13-26(25(2,3)4)14-31(24(34)35)8-9-36-26)22(30-20(32)10-15)21-17(27)11-16(12-18(21)28)23(33)29-5/h6-7,10-12H,8-9,13-14H2,1-5H3,(H,29,33)(H,34,35). The van der Waals surface area contributed by atoms with E-state index in [1.165, 1.54) is 11.9 Å². The van der Waals surface area contributed by atoms with Crippen molar-refractivity contribution in [3.63, 3.8) is 0 Å². The maximum Gasteiger partial charge on any atom is 0.407 e. The predicted molar refractivity (Wildman–Crippen MR) is 130 cm³/mol. The Balaban J connectivity index is 1.94. The van der Waals surface area contributed by atoms with Gasteiger partial charge in [0.15, 0.2) is 0 Å². The average molecular weight is 501 g/mol. The average Bonchev–Trinajstić information content (AvgIpc) is 3.13. The zero-order valence-corrected chi connectivity index (χ0v) is 21.0. The number of hydrogen-bond donors (Lipinski definition) is 2. The Morgan fingerprint density at radius 2 is 1.89 bits per heavy atom. The van der Waals surface area contributed by atoms with Gasteiger partial charge in [0.05, 0.1) is 35.7 Å². The summed E-state index contributed by atoms with van der Waals surface area (Å²) >= 11 is 0. The van der Waals surface area contributed by atoms with Crippen LogP contribution in [0, 0.1) is 24.0 Å². The topological polar surface area (TPSA) is 96.2 Å². The molecule has 0 saturated carbocycles. The molecule has 0 radical (unpaired) electrons. The minimum Gasteiger partial charge on any atom is -0.465 e. The van der Waals surface area contributed by atoms with Gasteiger partial charge in [-0.2, -0.15) is 0 Å². The van der Waals surface area contributed by atoms with Gasteiger partial charge in [0.25, 0.3) is 5.91 Å². The number of fused-ring (bicyclic) bond motifs is 1. The van der Waals surface area contributed by atoms with Gasteiger partial charge in [0.2, 0.25) is 0 Å². The number of nitrogens with zero attached hydrogens (tertiary/aromatic N) is 3. The van der Waals surface area contributed by atoms with E-state index in [-0.39, 0.29) is 42.9 Å². The van der Waals surface area contributed by atoms with Crippen LogP contribution in [-0.4, -0.2) is 63.7 Å². The monoisotopic (exact) mass is 500 g/mol. The van der Waals surface area contributed by atoms with E-state index < -0.39 is 34.7 Å². The van der Waals surface area contributed by atoms with Crippen molar-refractivity contribution in [1.29, 1.82) is 0 Å². The molecule has 1 unspecified atom stereocenters. The summed E-state index contributed by atoms with van der Waals surface area (Å²) < 4.78 is 38.8. The lowest BCUT2D eigenvalue weighted by Crippen LogP contribution is -2.60. The van der Waals surface area contributed by atoms with E-state index in [1.54, 1.807) is 16.7 Å². The van der Waals surface area contributed by atoms with Gasteiger partial charge in [-0.25, -0.2) is 18.6 Å². The summed E-state index contributed by atoms with van der Waals surface area (Å²) in [6.45, 7) is 8.25. The molecule has 10 heteroatoms. The van der Waals surface area contributed by atoms with E-state index in [1.807, 2.05) is 33.8 Å². The molecular formula is C26H30F2N4O4. The molecule has 36 heavy (non-hydrogen) atoms. The third-order valence-corrected chi connectivity index (χ3v) is 6.92. The van der Waals surface area contributed by atoms with Crippen molar-refractivity contribution in [2.24, 2.45) is 5.41 Å². The van der Waals surface area contributed by atoms with Crippen LogP contribution < -0.4 is 5.32 Å². The Kier molecular flexibility index (Phi) is 6.51. The first-order chi connectivity index (χ1) is 16.9. The lowest BCUT2D eigenvalue weighted by atomic mass is 9.72. The molecular weight excluding hydrogens is 470 g/mol. The second kappa shape index (κ2) is 9.16. The van der Waals surface area contributed by atoms with Crippen molar-refractivity contribution in [1.82, 2.24) is 19.6 Å². The number of halogens is 2. The van der Waals surface area contributed by atoms with E-state index in [9.17, 15) is 14.7 Å². The number of aryl methyl sites for hydroxylation is 1. The first-order valence-electron chi connectivity index (χ1n) is 11.7. The highest BCUT2D eigenvalue weighted by molar-refractivity contribution is 5.94. The van der Waals surface area contributed by atoms with Gasteiger partial charge in [0.1, 0.15) is 17.3 Å². The summed E-state index contributed by atoms with van der Waals surface area (Å²) in [6, 6.07) is 5.63. The van der Waals surface area contributed by atoms with Crippen LogP contribution in [0.5, 0.6) is 0 Å². The third-order valence-electron chi connectivity index (χ3n) is 6.92. The van der Waals surface area contributed by atoms with Crippen molar-refractivity contribution in [2.75, 3.05) is 26.7 Å². The Bertz CT molecular complexity index is 1320. The van der Waals surface area contributed by atoms with Gasteiger partial charge in [-0.05, 0) is 42.2 Å². The maximum absolute atomic E-state index is 15.4. The Morgan fingerprint density at radius 1 is 1.22 bits per heavy atom. The quantitative estimate of drug-likeness (QED) is 0.557. The molecule has 2 aromatic heterocycles. The van der Waals surface area contributed by atoms with Crippen LogP contribution in [0.1, 0.15) is 42.4 Å². The van der Waals surface area contributed by atoms with Crippen LogP contribution >= 0.6 is 0 Å². The van der Waals surface area contributed by atoms with Crippen molar-refractivity contribution in [2.45, 2.75) is 39.7 Å². The number of morpholine rings is 1. The van der Waals surface area contributed by atoms with Gasteiger partial charge < -0.3 is 24.5 Å². The molecule has 2 amide bonds. The third kappa shape index (κ3) is 4.41. The summed E-state index contributed by atoms with van der Waals surface area (Å²) in [7, 11) is 1.38. The largest absolute Gasteiger partial charge is 0.465 e. The molecule has 0 bridgehead atoms. The van der Waals surface area contributed by atoms with Crippen LogP contribution in [-0.2, 0) is 11.2 Å². The van der Waals surface area contributed by atoms with Crippen LogP contribution in [0.15, 0.2) is 30.5 Å². The zero-order valence-electron chi connectivity index (χ0n) is 21.0. The number of hydrogen-bond acceptors (Lipinski definition) is 4. The van der Waals surface area contributed by atoms with Gasteiger partial charge >= 0.3 is 6.09 Å². The number of pyridine rings is 1. The number of nitrogens with one attached hydrogen (secondary N) is 1. The number of carbonyl (C=O) groups excluding carboxylic acids is 1. The van der Waals surface area contributed by atoms with E-state index in [0.29, 0.717) is 11.3 Å². The molecule has 1 aromatic carbocycles. The maximum atomic E-state index is 15.4. The molecule has 1 aliphatic rings. The van der Waals surface area contributed by atoms with Crippen molar-refractivity contribution >= 4 is 17.6 Å². The number of carbonyl (C=O) groups is 2. The SMILES string of the molecule is CNC(=O)c1cc(F)c(-c2nc3cc(C)ccn3c2CC2(C(C)(C)C)CN(C(=O)O)CCO2)c(F)c1. The molecule has 1 atom stereocenters. The molecule has 192 valence electrons. The number of ether oxygens (including phenoxy) is 1. The van der Waals surface area contributed by atoms with Gasteiger partial charge in [0, 0.05) is 31.8 Å². The lowest BCUT2D eigenvalue weighted by Gasteiger charge is -2.49. The predicted octanol–water partition coefficient (Wildman–Crippen LogP) is 4.29. The number of imidazole rings is 1. The number of aromatic nitrogens is 2. The number of amides is 2. The van der Waals surface area contributed by atoms with Gasteiger partial charge in [-0.15, -0.1) is 0 Å². The van der Waals surface area contributed by atoms with E-state index in [2.05, 4.69) is 10.3 Å². The van der Waals surface area contributed by atoms with E-state index in [0.717, 1.165) is 17.7 Å². The number of rotatable bonds is 4. The summed E-state index contributed by atoms with van der Waals surface area (Å²) in [5.74, 6) is -2.45. The minimum atomic E-state index is -1.05. The fourth-order valence-corrected chi connectivity index (χ4v) is 4.68. The van der Waals surface area contributed by atoms with Crippen LogP contribution in [0.25, 0.3) is 16.9 Å². The second-order valence-corrected chi connectivity index (χ2v) is 10.2. The normalized spacial score (nSPS) is 18.5. The summed E-state index contributed by atoms with van der Waals surface area (Å²) in [5, 5.41) is 12.0.